The van der Waals surface area contributed by atoms with Gasteiger partial charge in [0.15, 0.2) is 5.13 Å². The van der Waals surface area contributed by atoms with Crippen LogP contribution in [0.5, 0.6) is 0 Å². The van der Waals surface area contributed by atoms with E-state index in [-0.39, 0.29) is 0 Å². The normalized spacial score (nSPS) is 11.1. The quantitative estimate of drug-likeness (QED) is 0.607. The van der Waals surface area contributed by atoms with Crippen LogP contribution < -0.4 is 11.1 Å². The van der Waals surface area contributed by atoms with Crippen LogP contribution in [0.1, 0.15) is 48.8 Å². The van der Waals surface area contributed by atoms with Crippen molar-refractivity contribution in [2.75, 3.05) is 5.32 Å². The number of anilines is 2. The fourth-order valence-corrected chi connectivity index (χ4v) is 4.01. The zero-order chi connectivity index (χ0) is 18.7. The first-order valence-corrected chi connectivity index (χ1v) is 9.72. The average molecular weight is 369 g/mol. The molecule has 0 bridgehead atoms. The SMILES string of the molecule is CCC(CC)n1c(-c2csc(Nc3ccccc3)n2)cc(C(N)=O)c1C. The van der Waals surface area contributed by atoms with Crippen molar-refractivity contribution in [2.45, 2.75) is 39.7 Å². The van der Waals surface area contributed by atoms with Gasteiger partial charge in [-0.1, -0.05) is 32.0 Å². The third kappa shape index (κ3) is 3.51. The molecule has 0 aliphatic carbocycles. The molecule has 1 aromatic carbocycles. The smallest absolute Gasteiger partial charge is 0.250 e. The summed E-state index contributed by atoms with van der Waals surface area (Å²) in [5, 5.41) is 6.16. The van der Waals surface area contributed by atoms with Gasteiger partial charge in [-0.15, -0.1) is 11.3 Å². The van der Waals surface area contributed by atoms with Crippen LogP contribution in [0.3, 0.4) is 0 Å². The minimum absolute atomic E-state index is 0.310. The maximum absolute atomic E-state index is 11.8. The Morgan fingerprint density at radius 3 is 2.58 bits per heavy atom. The molecule has 3 N–H and O–H groups in total. The summed E-state index contributed by atoms with van der Waals surface area (Å²) in [7, 11) is 0. The van der Waals surface area contributed by atoms with Crippen molar-refractivity contribution in [3.63, 3.8) is 0 Å². The lowest BCUT2D eigenvalue weighted by Gasteiger charge is -2.20. The van der Waals surface area contributed by atoms with Gasteiger partial charge in [-0.3, -0.25) is 4.79 Å². The molecule has 1 amide bonds. The lowest BCUT2D eigenvalue weighted by molar-refractivity contribution is 0.0999. The predicted molar refractivity (Wildman–Crippen MR) is 108 cm³/mol. The van der Waals surface area contributed by atoms with E-state index >= 15 is 0 Å². The van der Waals surface area contributed by atoms with E-state index in [2.05, 4.69) is 23.7 Å². The number of nitrogens with zero attached hydrogens (tertiary/aromatic N) is 2. The van der Waals surface area contributed by atoms with Crippen LogP contribution in [0.15, 0.2) is 41.8 Å². The van der Waals surface area contributed by atoms with Gasteiger partial charge in [0.1, 0.15) is 0 Å². The highest BCUT2D eigenvalue weighted by molar-refractivity contribution is 7.14. The molecule has 5 nitrogen and oxygen atoms in total. The van der Waals surface area contributed by atoms with Gasteiger partial charge in [-0.2, -0.15) is 0 Å². The Balaban J connectivity index is 2.01. The molecule has 0 atom stereocenters. The topological polar surface area (TPSA) is 72.9 Å². The Morgan fingerprint density at radius 2 is 1.96 bits per heavy atom. The summed E-state index contributed by atoms with van der Waals surface area (Å²) in [4.78, 5) is 16.6. The second kappa shape index (κ2) is 7.74. The molecule has 0 radical (unpaired) electrons. The summed E-state index contributed by atoms with van der Waals surface area (Å²) in [6.45, 7) is 6.27. The second-order valence-corrected chi connectivity index (χ2v) is 7.12. The molecule has 0 saturated heterocycles. The summed E-state index contributed by atoms with van der Waals surface area (Å²) in [6, 6.07) is 12.1. The molecule has 0 spiro atoms. The number of carbonyl (C=O) groups is 1. The van der Waals surface area contributed by atoms with E-state index in [1.165, 1.54) is 0 Å². The monoisotopic (exact) mass is 368 g/mol. The standard InChI is InChI=1S/C20H24N4OS/c1-4-15(5-2)24-13(3)16(19(21)25)11-18(24)17-12-26-20(23-17)22-14-9-7-6-8-10-14/h6-12,15H,4-5H2,1-3H3,(H2,21,25)(H,22,23). The van der Waals surface area contributed by atoms with E-state index in [0.29, 0.717) is 11.6 Å². The van der Waals surface area contributed by atoms with E-state index in [0.717, 1.165) is 40.7 Å². The van der Waals surface area contributed by atoms with Crippen LogP contribution in [-0.4, -0.2) is 15.5 Å². The van der Waals surface area contributed by atoms with Crippen LogP contribution in [0.4, 0.5) is 10.8 Å². The number of primary amides is 1. The molecule has 6 heteroatoms. The number of nitrogens with two attached hydrogens (primary N) is 1. The maximum atomic E-state index is 11.8. The fraction of sp³-hybridized carbons (Fsp3) is 0.300. The first-order valence-electron chi connectivity index (χ1n) is 8.84. The number of para-hydroxylation sites is 1. The molecular weight excluding hydrogens is 344 g/mol. The minimum atomic E-state index is -0.397. The van der Waals surface area contributed by atoms with Gasteiger partial charge in [0, 0.05) is 22.8 Å². The molecule has 3 aromatic rings. The molecule has 3 rings (SSSR count). The molecule has 136 valence electrons. The highest BCUT2D eigenvalue weighted by Crippen LogP contribution is 2.34. The Kier molecular flexibility index (Phi) is 5.42. The number of benzene rings is 1. The largest absolute Gasteiger partial charge is 0.366 e. The van der Waals surface area contributed by atoms with Crippen LogP contribution >= 0.6 is 11.3 Å². The molecule has 2 heterocycles. The predicted octanol–water partition coefficient (Wildman–Crippen LogP) is 5.12. The van der Waals surface area contributed by atoms with Gasteiger partial charge in [-0.05, 0) is 38.0 Å². The van der Waals surface area contributed by atoms with Gasteiger partial charge >= 0.3 is 0 Å². The maximum Gasteiger partial charge on any atom is 0.250 e. The number of amides is 1. The Labute approximate surface area is 157 Å². The van der Waals surface area contributed by atoms with Crippen molar-refractivity contribution in [2.24, 2.45) is 5.73 Å². The molecule has 26 heavy (non-hydrogen) atoms. The van der Waals surface area contributed by atoms with Gasteiger partial charge in [0.05, 0.1) is 17.0 Å². The number of carbonyl (C=O) groups excluding carboxylic acids is 1. The number of thiazole rings is 1. The Morgan fingerprint density at radius 1 is 1.27 bits per heavy atom. The van der Waals surface area contributed by atoms with Crippen LogP contribution in [-0.2, 0) is 0 Å². The van der Waals surface area contributed by atoms with Crippen molar-refractivity contribution in [3.05, 3.63) is 53.0 Å². The fourth-order valence-electron chi connectivity index (χ4n) is 3.29. The third-order valence-electron chi connectivity index (χ3n) is 4.66. The first kappa shape index (κ1) is 18.2. The first-order chi connectivity index (χ1) is 12.5. The van der Waals surface area contributed by atoms with Crippen molar-refractivity contribution >= 4 is 28.1 Å². The summed E-state index contributed by atoms with van der Waals surface area (Å²) >= 11 is 1.55. The van der Waals surface area contributed by atoms with E-state index < -0.39 is 5.91 Å². The number of rotatable bonds is 7. The molecule has 0 unspecified atom stereocenters. The summed E-state index contributed by atoms with van der Waals surface area (Å²) < 4.78 is 2.21. The van der Waals surface area contributed by atoms with Gasteiger partial charge in [-0.25, -0.2) is 4.98 Å². The van der Waals surface area contributed by atoms with Crippen molar-refractivity contribution in [1.82, 2.24) is 9.55 Å². The van der Waals surface area contributed by atoms with Gasteiger partial charge in [0.25, 0.3) is 5.91 Å². The van der Waals surface area contributed by atoms with Crippen LogP contribution in [0.2, 0.25) is 0 Å². The molecule has 2 aromatic heterocycles. The van der Waals surface area contributed by atoms with Crippen molar-refractivity contribution in [1.29, 1.82) is 0 Å². The molecule has 0 aliphatic heterocycles. The Hall–Kier alpha value is -2.60. The lowest BCUT2D eigenvalue weighted by atomic mass is 10.1. The third-order valence-corrected chi connectivity index (χ3v) is 5.41. The summed E-state index contributed by atoms with van der Waals surface area (Å²) in [5.41, 5.74) is 9.86. The minimum Gasteiger partial charge on any atom is -0.366 e. The number of hydrogen-bond acceptors (Lipinski definition) is 4. The van der Waals surface area contributed by atoms with E-state index in [1.807, 2.05) is 48.7 Å². The zero-order valence-electron chi connectivity index (χ0n) is 15.3. The zero-order valence-corrected chi connectivity index (χ0v) is 16.1. The van der Waals surface area contributed by atoms with Crippen molar-refractivity contribution in [3.8, 4) is 11.4 Å². The summed E-state index contributed by atoms with van der Waals surface area (Å²) in [5.74, 6) is -0.397. The molecule has 0 aliphatic rings. The van der Waals surface area contributed by atoms with Gasteiger partial charge < -0.3 is 15.6 Å². The van der Waals surface area contributed by atoms with Gasteiger partial charge in [0.2, 0.25) is 0 Å². The molecule has 0 saturated carbocycles. The molecule has 0 fully saturated rings. The lowest BCUT2D eigenvalue weighted by Crippen LogP contribution is -2.14. The van der Waals surface area contributed by atoms with E-state index in [4.69, 9.17) is 10.7 Å². The molecular formula is C20H24N4OS. The van der Waals surface area contributed by atoms with Crippen molar-refractivity contribution < 1.29 is 4.79 Å². The van der Waals surface area contributed by atoms with E-state index in [1.54, 1.807) is 11.3 Å². The average Bonchev–Trinajstić information content (AvgIpc) is 3.22. The number of aromatic nitrogens is 2. The number of nitrogens with one attached hydrogen (secondary N) is 1. The number of hydrogen-bond donors (Lipinski definition) is 2. The summed E-state index contributed by atoms with van der Waals surface area (Å²) in [6.07, 6.45) is 1.97. The highest BCUT2D eigenvalue weighted by Gasteiger charge is 2.22. The van der Waals surface area contributed by atoms with E-state index in [9.17, 15) is 4.79 Å². The van der Waals surface area contributed by atoms with Crippen LogP contribution in [0.25, 0.3) is 11.4 Å². The highest BCUT2D eigenvalue weighted by atomic mass is 32.1. The second-order valence-electron chi connectivity index (χ2n) is 6.26. The van der Waals surface area contributed by atoms with Crippen LogP contribution in [0, 0.1) is 6.92 Å². The Bertz CT molecular complexity index is 894.